The summed E-state index contributed by atoms with van der Waals surface area (Å²) in [4.78, 5) is 112. The third-order valence-corrected chi connectivity index (χ3v) is 14.0. The Morgan fingerprint density at radius 3 is 2.05 bits per heavy atom. The fourth-order valence-corrected chi connectivity index (χ4v) is 9.92. The van der Waals surface area contributed by atoms with Gasteiger partial charge in [0.2, 0.25) is 23.6 Å². The van der Waals surface area contributed by atoms with E-state index in [1.165, 1.54) is 33.3 Å². The number of fused-ring (bicyclic) bond motifs is 5. The van der Waals surface area contributed by atoms with E-state index in [2.05, 4.69) is 26.6 Å². The Labute approximate surface area is 461 Å². The maximum absolute atomic E-state index is 14.1. The van der Waals surface area contributed by atoms with Crippen molar-refractivity contribution in [2.24, 2.45) is 4.99 Å². The summed E-state index contributed by atoms with van der Waals surface area (Å²) in [5.74, 6) is -1.88. The van der Waals surface area contributed by atoms with Gasteiger partial charge in [-0.1, -0.05) is 36.4 Å². The number of anilines is 4. The molecular formula is C59H61N9O12. The first-order valence-electron chi connectivity index (χ1n) is 26.2. The zero-order valence-electron chi connectivity index (χ0n) is 44.7. The highest BCUT2D eigenvalue weighted by molar-refractivity contribution is 6.15. The molecule has 2 unspecified atom stereocenters. The number of aliphatic imine (C=N–C) groups is 1. The van der Waals surface area contributed by atoms with E-state index < -0.39 is 42.1 Å². The molecular weight excluding hydrogens is 1030 g/mol. The number of methoxy groups -OCH3 is 2. The summed E-state index contributed by atoms with van der Waals surface area (Å²) in [5, 5.41) is 13.8. The number of hydrogen-bond acceptors (Lipinski definition) is 14. The number of ether oxygens (including phenoxy) is 4. The van der Waals surface area contributed by atoms with Crippen LogP contribution in [0.3, 0.4) is 0 Å². The summed E-state index contributed by atoms with van der Waals surface area (Å²) in [7, 11) is 4.69. The van der Waals surface area contributed by atoms with Crippen LogP contribution in [-0.4, -0.2) is 118 Å². The van der Waals surface area contributed by atoms with Crippen molar-refractivity contribution in [3.05, 3.63) is 137 Å². The molecule has 414 valence electrons. The Morgan fingerprint density at radius 2 is 1.36 bits per heavy atom. The number of carbonyl (C=O) groups is 8. The molecule has 0 bridgehead atoms. The first-order valence-corrected chi connectivity index (χ1v) is 26.2. The fourth-order valence-electron chi connectivity index (χ4n) is 9.92. The van der Waals surface area contributed by atoms with Crippen LogP contribution in [0.2, 0.25) is 0 Å². The van der Waals surface area contributed by atoms with Crippen molar-refractivity contribution in [1.82, 2.24) is 20.9 Å². The minimum Gasteiger partial charge on any atom is -0.493 e. The highest BCUT2D eigenvalue weighted by Gasteiger charge is 2.37. The molecule has 0 spiro atoms. The third kappa shape index (κ3) is 12.6. The number of para-hydroxylation sites is 2. The average molecular weight is 1090 g/mol. The number of amides is 8. The van der Waals surface area contributed by atoms with E-state index in [-0.39, 0.29) is 62.9 Å². The van der Waals surface area contributed by atoms with Gasteiger partial charge in [0.15, 0.2) is 23.0 Å². The first kappa shape index (κ1) is 55.2. The van der Waals surface area contributed by atoms with E-state index in [1.807, 2.05) is 54.6 Å². The quantitative estimate of drug-likeness (QED) is 0.0398. The number of rotatable bonds is 23. The molecule has 2 atom stereocenters. The number of hydrogen-bond donors (Lipinski definition) is 5. The smallest absolute Gasteiger partial charge is 0.261 e. The number of nitrogens with zero attached hydrogens (tertiary/aromatic N) is 4. The maximum atomic E-state index is 14.1. The van der Waals surface area contributed by atoms with Crippen molar-refractivity contribution >= 4 is 81.9 Å². The zero-order chi connectivity index (χ0) is 56.5. The second-order valence-corrected chi connectivity index (χ2v) is 19.4. The summed E-state index contributed by atoms with van der Waals surface area (Å²) >= 11 is 0. The molecule has 0 radical (unpaired) electrons. The summed E-state index contributed by atoms with van der Waals surface area (Å²) < 4.78 is 24.3. The molecule has 8 amide bonds. The van der Waals surface area contributed by atoms with Crippen LogP contribution in [0.4, 0.5) is 28.4 Å². The van der Waals surface area contributed by atoms with Crippen LogP contribution in [0.5, 0.6) is 23.0 Å². The van der Waals surface area contributed by atoms with Gasteiger partial charge in [-0.25, -0.2) is 0 Å². The molecule has 0 saturated carbocycles. The third-order valence-electron chi connectivity index (χ3n) is 14.0. The van der Waals surface area contributed by atoms with Crippen molar-refractivity contribution in [3.63, 3.8) is 0 Å². The van der Waals surface area contributed by atoms with Gasteiger partial charge < -0.3 is 50.4 Å². The molecule has 21 heteroatoms. The minimum absolute atomic E-state index is 0.0364. The predicted molar refractivity (Wildman–Crippen MR) is 298 cm³/mol. The number of nitrogens with one attached hydrogen (secondary N) is 5. The molecule has 9 rings (SSSR count). The van der Waals surface area contributed by atoms with Crippen molar-refractivity contribution in [2.45, 2.75) is 70.7 Å². The van der Waals surface area contributed by atoms with Crippen molar-refractivity contribution in [2.75, 3.05) is 67.9 Å². The zero-order valence-corrected chi connectivity index (χ0v) is 44.7. The lowest BCUT2D eigenvalue weighted by Gasteiger charge is -2.22. The SMILES string of the molecule is CNc1cc(OCc2cc(COc3cc4c(cc3OC)C(=O)N3c5ccccc5CC3C=N4)cc(NC(=O)C(C)NC(=O)CNC(=O)CCCCC(=O)NCCN3C(=O)C=CC3=O)c2)c(OC)cc1C(=O)N1CCc2ccccc21. The molecule has 0 aromatic heterocycles. The molecule has 4 aliphatic heterocycles. The molecule has 21 nitrogen and oxygen atoms in total. The van der Waals surface area contributed by atoms with E-state index in [0.29, 0.717) is 88.1 Å². The highest BCUT2D eigenvalue weighted by Crippen LogP contribution is 2.42. The first-order chi connectivity index (χ1) is 38.7. The molecule has 0 aliphatic carbocycles. The van der Waals surface area contributed by atoms with Gasteiger partial charge >= 0.3 is 0 Å². The molecule has 4 heterocycles. The van der Waals surface area contributed by atoms with Gasteiger partial charge in [0, 0.05) is 93.5 Å². The van der Waals surface area contributed by atoms with E-state index in [4.69, 9.17) is 23.9 Å². The van der Waals surface area contributed by atoms with Gasteiger partial charge in [0.1, 0.15) is 19.3 Å². The standard InChI is InChI=1S/C59H61N9O12/c1-35(64-54(71)32-63-53(70)16-10-9-15-52(69)61-20-22-67-55(72)17-18-56(67)73)57(74)65-40-24-36(33-79-50-29-44(60-2)42(27-48(50)77-3)58(75)66-21-19-38-11-5-7-13-46(38)66)23-37(25-40)34-80-51-30-45-43(28-49(51)78-4)59(76)68-41(31-62-45)26-39-12-6-8-14-47(39)68/h5-8,11-14,17-18,23-25,27-31,35,41,60H,9-10,15-16,19-22,26,32-34H2,1-4H3,(H,61,69)(H,63,70)(H,64,71)(H,65,74). The van der Waals surface area contributed by atoms with Gasteiger partial charge in [-0.15, -0.1) is 0 Å². The van der Waals surface area contributed by atoms with E-state index in [0.717, 1.165) is 33.8 Å². The lowest BCUT2D eigenvalue weighted by Crippen LogP contribution is -2.45. The Balaban J connectivity index is 0.854. The summed E-state index contributed by atoms with van der Waals surface area (Å²) in [6, 6.07) is 26.2. The van der Waals surface area contributed by atoms with Gasteiger partial charge in [-0.2, -0.15) is 0 Å². The number of carbonyl (C=O) groups excluding carboxylic acids is 8. The Bertz CT molecular complexity index is 3320. The molecule has 80 heavy (non-hydrogen) atoms. The maximum Gasteiger partial charge on any atom is 0.261 e. The fraction of sp³-hybridized carbons (Fsp3) is 0.305. The van der Waals surface area contributed by atoms with Gasteiger partial charge in [0.25, 0.3) is 23.6 Å². The molecule has 4 aliphatic rings. The molecule has 5 N–H and O–H groups in total. The van der Waals surface area contributed by atoms with Gasteiger partial charge in [0.05, 0.1) is 49.3 Å². The van der Waals surface area contributed by atoms with Crippen LogP contribution in [-0.2, 0) is 54.8 Å². The molecule has 5 aromatic carbocycles. The monoisotopic (exact) mass is 1090 g/mol. The Hall–Kier alpha value is -9.53. The predicted octanol–water partition coefficient (Wildman–Crippen LogP) is 5.55. The van der Waals surface area contributed by atoms with Crippen LogP contribution in [0.15, 0.2) is 108 Å². The Morgan fingerprint density at radius 1 is 0.725 bits per heavy atom. The second-order valence-electron chi connectivity index (χ2n) is 19.4. The van der Waals surface area contributed by atoms with E-state index >= 15 is 0 Å². The topological polar surface area (TPSA) is 256 Å². The van der Waals surface area contributed by atoms with Crippen LogP contribution >= 0.6 is 0 Å². The summed E-state index contributed by atoms with van der Waals surface area (Å²) in [6.07, 6.45) is 6.42. The molecule has 5 aromatic rings. The van der Waals surface area contributed by atoms with Crippen LogP contribution in [0, 0.1) is 0 Å². The van der Waals surface area contributed by atoms with Crippen LogP contribution < -0.4 is 55.3 Å². The number of unbranched alkanes of at least 4 members (excludes halogenated alkanes) is 1. The normalized spacial score (nSPS) is 15.0. The number of benzene rings is 5. The minimum atomic E-state index is -1.05. The van der Waals surface area contributed by atoms with Crippen LogP contribution in [0.25, 0.3) is 0 Å². The largest absolute Gasteiger partial charge is 0.493 e. The summed E-state index contributed by atoms with van der Waals surface area (Å²) in [5.41, 5.74) is 7.06. The average Bonchev–Trinajstić information content (AvgIpc) is 4.14. The Kier molecular flexibility index (Phi) is 17.2. The summed E-state index contributed by atoms with van der Waals surface area (Å²) in [6.45, 7) is 1.72. The number of imide groups is 1. The van der Waals surface area contributed by atoms with Crippen molar-refractivity contribution in [1.29, 1.82) is 0 Å². The van der Waals surface area contributed by atoms with Gasteiger partial charge in [-0.05, 0) is 90.9 Å². The second kappa shape index (κ2) is 24.9. The lowest BCUT2D eigenvalue weighted by atomic mass is 10.1. The molecule has 0 saturated heterocycles. The van der Waals surface area contributed by atoms with Gasteiger partial charge in [-0.3, -0.25) is 53.1 Å². The van der Waals surface area contributed by atoms with E-state index in [1.54, 1.807) is 59.5 Å². The van der Waals surface area contributed by atoms with E-state index in [9.17, 15) is 38.4 Å². The molecule has 0 fully saturated rings. The van der Waals surface area contributed by atoms with Crippen LogP contribution in [0.1, 0.15) is 75.6 Å². The van der Waals surface area contributed by atoms with Crippen molar-refractivity contribution < 1.29 is 57.3 Å². The van der Waals surface area contributed by atoms with Crippen molar-refractivity contribution in [3.8, 4) is 23.0 Å². The highest BCUT2D eigenvalue weighted by atomic mass is 16.5. The lowest BCUT2D eigenvalue weighted by molar-refractivity contribution is -0.137.